The molecule has 2 unspecified atom stereocenters. The SMILES string of the molecule is N#CC1=[N+](c2ccccc2)C2(c3ccccc3N3c4ccccc4N(c4ccccc4)C32)N1c1ccccc1. The summed E-state index contributed by atoms with van der Waals surface area (Å²) in [6, 6.07) is 51.0. The quantitative estimate of drug-likeness (QED) is 0.243. The molecule has 2 atom stereocenters. The zero-order chi connectivity index (χ0) is 26.0. The van der Waals surface area contributed by atoms with Gasteiger partial charge in [-0.05, 0) is 60.7 Å². The second-order valence-electron chi connectivity index (χ2n) is 9.96. The lowest BCUT2D eigenvalue weighted by atomic mass is 9.88. The molecule has 5 aromatic carbocycles. The first-order valence-electron chi connectivity index (χ1n) is 13.2. The monoisotopic (exact) mass is 502 g/mol. The highest BCUT2D eigenvalue weighted by Gasteiger charge is 2.76. The zero-order valence-corrected chi connectivity index (χ0v) is 21.1. The van der Waals surface area contributed by atoms with Crippen LogP contribution in [0.1, 0.15) is 5.56 Å². The van der Waals surface area contributed by atoms with E-state index in [0.717, 1.165) is 39.7 Å². The summed E-state index contributed by atoms with van der Waals surface area (Å²) in [6.45, 7) is 0. The van der Waals surface area contributed by atoms with Crippen molar-refractivity contribution in [3.8, 4) is 6.07 Å². The van der Waals surface area contributed by atoms with Crippen LogP contribution in [0, 0.1) is 11.3 Å². The molecule has 0 radical (unpaired) electrons. The number of nitriles is 1. The van der Waals surface area contributed by atoms with Gasteiger partial charge in [0.2, 0.25) is 6.17 Å². The maximum Gasteiger partial charge on any atom is 0.370 e. The lowest BCUT2D eigenvalue weighted by Gasteiger charge is -2.48. The van der Waals surface area contributed by atoms with Gasteiger partial charge in [0, 0.05) is 5.69 Å². The number of fused-ring (bicyclic) bond motifs is 7. The maximum atomic E-state index is 10.6. The Morgan fingerprint density at radius 1 is 0.564 bits per heavy atom. The molecule has 3 aliphatic rings. The van der Waals surface area contributed by atoms with Gasteiger partial charge in [0.25, 0.3) is 0 Å². The summed E-state index contributed by atoms with van der Waals surface area (Å²) in [5.41, 5.74) is 6.97. The van der Waals surface area contributed by atoms with Gasteiger partial charge in [0.1, 0.15) is 11.4 Å². The van der Waals surface area contributed by atoms with Gasteiger partial charge in [-0.3, -0.25) is 0 Å². The van der Waals surface area contributed by atoms with Crippen LogP contribution in [0.15, 0.2) is 140 Å². The maximum absolute atomic E-state index is 10.6. The molecule has 0 amide bonds. The lowest BCUT2D eigenvalue weighted by molar-refractivity contribution is -0.572. The molecule has 184 valence electrons. The van der Waals surface area contributed by atoms with Crippen LogP contribution in [-0.2, 0) is 5.66 Å². The van der Waals surface area contributed by atoms with Gasteiger partial charge >= 0.3 is 11.5 Å². The molecule has 5 heteroatoms. The Kier molecular flexibility index (Phi) is 4.50. The predicted octanol–water partition coefficient (Wildman–Crippen LogP) is 7.26. The molecule has 3 aliphatic heterocycles. The Morgan fingerprint density at radius 2 is 1.08 bits per heavy atom. The fourth-order valence-electron chi connectivity index (χ4n) is 6.72. The number of para-hydroxylation sites is 6. The minimum Gasteiger partial charge on any atom is -0.310 e. The van der Waals surface area contributed by atoms with E-state index >= 15 is 0 Å². The first kappa shape index (κ1) is 21.7. The van der Waals surface area contributed by atoms with E-state index in [2.05, 4.69) is 128 Å². The third-order valence-electron chi connectivity index (χ3n) is 8.08. The highest BCUT2D eigenvalue weighted by atomic mass is 15.6. The van der Waals surface area contributed by atoms with Gasteiger partial charge < -0.3 is 9.80 Å². The topological polar surface area (TPSA) is 36.5 Å². The third kappa shape index (κ3) is 2.70. The van der Waals surface area contributed by atoms with Crippen LogP contribution in [-0.4, -0.2) is 16.6 Å². The number of anilines is 5. The number of nitrogens with zero attached hydrogens (tertiary/aromatic N) is 5. The highest BCUT2D eigenvalue weighted by molar-refractivity contribution is 6.11. The molecule has 0 aromatic heterocycles. The molecule has 0 fully saturated rings. The standard InChI is InChI=1S/C34H24N5/c35-24-32-38(26-16-6-2-7-17-26)34(39(32)27-18-8-3-9-19-27)28-20-10-11-21-29(28)37-31-23-13-12-22-30(31)36(33(34)37)25-14-4-1-5-15-25/h1-23,33H/q+1. The van der Waals surface area contributed by atoms with Gasteiger partial charge in [0.15, 0.2) is 6.07 Å². The van der Waals surface area contributed by atoms with Crippen LogP contribution < -0.4 is 14.7 Å². The van der Waals surface area contributed by atoms with Crippen LogP contribution in [0.2, 0.25) is 0 Å². The van der Waals surface area contributed by atoms with Crippen molar-refractivity contribution in [3.05, 3.63) is 145 Å². The average molecular weight is 503 g/mol. The highest BCUT2D eigenvalue weighted by Crippen LogP contribution is 2.63. The van der Waals surface area contributed by atoms with Gasteiger partial charge in [0.05, 0.1) is 22.6 Å². The van der Waals surface area contributed by atoms with Crippen molar-refractivity contribution in [3.63, 3.8) is 0 Å². The van der Waals surface area contributed by atoms with Crippen LogP contribution in [0.4, 0.5) is 34.1 Å². The Morgan fingerprint density at radius 3 is 1.72 bits per heavy atom. The molecular weight excluding hydrogens is 478 g/mol. The smallest absolute Gasteiger partial charge is 0.310 e. The largest absolute Gasteiger partial charge is 0.370 e. The van der Waals surface area contributed by atoms with Gasteiger partial charge in [-0.1, -0.05) is 78.9 Å². The summed E-state index contributed by atoms with van der Waals surface area (Å²) in [5.74, 6) is 0.605. The Balaban J connectivity index is 1.51. The summed E-state index contributed by atoms with van der Waals surface area (Å²) >= 11 is 0. The van der Waals surface area contributed by atoms with Crippen LogP contribution >= 0.6 is 0 Å². The Bertz CT molecular complexity index is 1780. The minimum absolute atomic E-state index is 0.188. The van der Waals surface area contributed by atoms with E-state index in [-0.39, 0.29) is 6.17 Å². The number of rotatable bonds is 3. The molecule has 8 rings (SSSR count). The number of hydrogen-bond donors (Lipinski definition) is 0. The molecule has 0 bridgehead atoms. The van der Waals surface area contributed by atoms with E-state index in [1.54, 1.807) is 0 Å². The summed E-state index contributed by atoms with van der Waals surface area (Å²) in [6.07, 6.45) is -0.188. The lowest BCUT2D eigenvalue weighted by Crippen LogP contribution is -2.74. The van der Waals surface area contributed by atoms with Crippen LogP contribution in [0.25, 0.3) is 0 Å². The molecular formula is C34H24N5+. The molecule has 0 aliphatic carbocycles. The molecule has 5 aromatic rings. The second-order valence-corrected chi connectivity index (χ2v) is 9.96. The predicted molar refractivity (Wildman–Crippen MR) is 155 cm³/mol. The molecule has 39 heavy (non-hydrogen) atoms. The normalized spacial score (nSPS) is 20.4. The van der Waals surface area contributed by atoms with Crippen LogP contribution in [0.5, 0.6) is 0 Å². The zero-order valence-electron chi connectivity index (χ0n) is 21.1. The molecule has 3 heterocycles. The van der Waals surface area contributed by atoms with Crippen molar-refractivity contribution in [2.75, 3.05) is 14.7 Å². The number of benzene rings is 5. The van der Waals surface area contributed by atoms with Crippen LogP contribution in [0.3, 0.4) is 0 Å². The van der Waals surface area contributed by atoms with E-state index in [0.29, 0.717) is 5.84 Å². The molecule has 5 nitrogen and oxygen atoms in total. The van der Waals surface area contributed by atoms with Crippen molar-refractivity contribution < 1.29 is 4.58 Å². The summed E-state index contributed by atoms with van der Waals surface area (Å²) in [5, 5.41) is 10.6. The van der Waals surface area contributed by atoms with Crippen molar-refractivity contribution in [1.29, 1.82) is 5.26 Å². The molecule has 1 spiro atoms. The van der Waals surface area contributed by atoms with E-state index in [9.17, 15) is 5.26 Å². The van der Waals surface area contributed by atoms with E-state index in [1.165, 1.54) is 0 Å². The van der Waals surface area contributed by atoms with Gasteiger partial charge in [-0.15, -0.1) is 0 Å². The van der Waals surface area contributed by atoms with E-state index in [1.807, 2.05) is 36.4 Å². The Labute approximate surface area is 227 Å². The first-order chi connectivity index (χ1) is 19.4. The fraction of sp³-hybridized carbons (Fsp3) is 0.0588. The van der Waals surface area contributed by atoms with Crippen molar-refractivity contribution in [1.82, 2.24) is 0 Å². The average Bonchev–Trinajstić information content (AvgIpc) is 3.49. The Hall–Kier alpha value is -5.34. The second kappa shape index (κ2) is 8.08. The number of hydrogen-bond acceptors (Lipinski definition) is 4. The van der Waals surface area contributed by atoms with E-state index in [4.69, 9.17) is 0 Å². The van der Waals surface area contributed by atoms with Gasteiger partial charge in [-0.25, -0.2) is 0 Å². The van der Waals surface area contributed by atoms with Crippen molar-refractivity contribution in [2.45, 2.75) is 11.8 Å². The molecule has 0 saturated carbocycles. The molecule has 0 saturated heterocycles. The third-order valence-corrected chi connectivity index (χ3v) is 8.08. The summed E-state index contributed by atoms with van der Waals surface area (Å²) in [7, 11) is 0. The number of amidine groups is 1. The fourth-order valence-corrected chi connectivity index (χ4v) is 6.72. The molecule has 0 N–H and O–H groups in total. The summed E-state index contributed by atoms with van der Waals surface area (Å²) < 4.78 is 2.24. The minimum atomic E-state index is -0.723. The summed E-state index contributed by atoms with van der Waals surface area (Å²) in [4.78, 5) is 7.14. The van der Waals surface area contributed by atoms with E-state index < -0.39 is 5.66 Å². The van der Waals surface area contributed by atoms with Gasteiger partial charge in [-0.2, -0.15) is 14.7 Å². The van der Waals surface area contributed by atoms with Crippen molar-refractivity contribution in [2.24, 2.45) is 0 Å². The van der Waals surface area contributed by atoms with Crippen molar-refractivity contribution >= 4 is 40.0 Å². The first-order valence-corrected chi connectivity index (χ1v) is 13.2.